The second kappa shape index (κ2) is 8.77. The summed E-state index contributed by atoms with van der Waals surface area (Å²) in [7, 11) is 1.54. The molecule has 0 saturated heterocycles. The molecule has 1 aromatic heterocycles. The molecular weight excluding hydrogens is 389 g/mol. The Hall–Kier alpha value is -3.04. The number of rotatable bonds is 6. The number of methoxy groups -OCH3 is 1. The third-order valence-corrected chi connectivity index (χ3v) is 4.05. The molecule has 0 aliphatic heterocycles. The number of aromatic nitrogens is 4. The van der Waals surface area contributed by atoms with Gasteiger partial charge in [0.2, 0.25) is 0 Å². The summed E-state index contributed by atoms with van der Waals surface area (Å²) < 4.78 is 25.2. The molecule has 0 radical (unpaired) electrons. The van der Waals surface area contributed by atoms with E-state index < -0.39 is 11.9 Å². The largest absolute Gasteiger partial charge is 0.412 e. The molecule has 1 heterocycles. The fraction of sp³-hybridized carbons (Fsp3) is 0.222. The molecule has 1 amide bonds. The lowest BCUT2D eigenvalue weighted by Crippen LogP contribution is -2.37. The molecule has 146 valence electrons. The summed E-state index contributed by atoms with van der Waals surface area (Å²) in [5.41, 5.74) is 1.71. The van der Waals surface area contributed by atoms with Gasteiger partial charge >= 0.3 is 6.09 Å². The molecule has 3 aromatic rings. The van der Waals surface area contributed by atoms with E-state index in [-0.39, 0.29) is 16.8 Å². The van der Waals surface area contributed by atoms with Crippen molar-refractivity contribution in [1.82, 2.24) is 25.5 Å². The first-order chi connectivity index (χ1) is 13.5. The van der Waals surface area contributed by atoms with Gasteiger partial charge in [-0.2, -0.15) is 0 Å². The zero-order valence-corrected chi connectivity index (χ0v) is 15.9. The van der Waals surface area contributed by atoms with Gasteiger partial charge in [-0.3, -0.25) is 0 Å². The fourth-order valence-electron chi connectivity index (χ4n) is 2.56. The van der Waals surface area contributed by atoms with Crippen LogP contribution in [0.2, 0.25) is 5.02 Å². The molecule has 0 bridgehead atoms. The van der Waals surface area contributed by atoms with Gasteiger partial charge in [0.15, 0.2) is 0 Å². The van der Waals surface area contributed by atoms with Crippen LogP contribution in [0.5, 0.6) is 5.75 Å². The van der Waals surface area contributed by atoms with Crippen LogP contribution in [0.1, 0.15) is 6.92 Å². The Kier molecular flexibility index (Phi) is 6.17. The zero-order chi connectivity index (χ0) is 20.1. The van der Waals surface area contributed by atoms with E-state index in [1.165, 1.54) is 30.3 Å². The van der Waals surface area contributed by atoms with Gasteiger partial charge in [-0.05, 0) is 53.2 Å². The number of tetrazole rings is 1. The summed E-state index contributed by atoms with van der Waals surface area (Å²) in [6, 6.07) is 8.77. The Bertz CT molecular complexity index is 968. The van der Waals surface area contributed by atoms with Crippen LogP contribution in [0.3, 0.4) is 0 Å². The van der Waals surface area contributed by atoms with Gasteiger partial charge in [-0.25, -0.2) is 13.9 Å². The Balaban J connectivity index is 1.95. The van der Waals surface area contributed by atoms with Crippen molar-refractivity contribution >= 4 is 17.7 Å². The maximum atomic E-state index is 13.4. The van der Waals surface area contributed by atoms with Crippen molar-refractivity contribution in [2.45, 2.75) is 13.0 Å². The number of halogens is 2. The maximum Gasteiger partial charge on any atom is 0.412 e. The van der Waals surface area contributed by atoms with Crippen molar-refractivity contribution in [3.05, 3.63) is 53.6 Å². The van der Waals surface area contributed by atoms with Crippen molar-refractivity contribution in [1.29, 1.82) is 0 Å². The Labute approximate surface area is 165 Å². The van der Waals surface area contributed by atoms with Crippen molar-refractivity contribution in [3.8, 4) is 22.6 Å². The van der Waals surface area contributed by atoms with Gasteiger partial charge in [0.25, 0.3) is 0 Å². The van der Waals surface area contributed by atoms with Gasteiger partial charge in [0.1, 0.15) is 17.9 Å². The van der Waals surface area contributed by atoms with E-state index in [9.17, 15) is 9.18 Å². The molecule has 0 spiro atoms. The first-order valence-electron chi connectivity index (χ1n) is 8.27. The second-order valence-electron chi connectivity index (χ2n) is 5.98. The summed E-state index contributed by atoms with van der Waals surface area (Å²) >= 11 is 6.18. The van der Waals surface area contributed by atoms with Crippen LogP contribution in [0, 0.1) is 5.82 Å². The third-order valence-electron chi connectivity index (χ3n) is 3.74. The van der Waals surface area contributed by atoms with Crippen LogP contribution in [0.4, 0.5) is 9.18 Å². The van der Waals surface area contributed by atoms with Crippen LogP contribution < -0.4 is 10.1 Å². The highest BCUT2D eigenvalue weighted by atomic mass is 35.5. The molecular formula is C18H17ClFN5O3. The minimum Gasteiger partial charge on any atom is -0.410 e. The molecule has 10 heteroatoms. The Morgan fingerprint density at radius 3 is 2.82 bits per heavy atom. The highest BCUT2D eigenvalue weighted by molar-refractivity contribution is 6.33. The number of hydrogen-bond donors (Lipinski definition) is 1. The summed E-state index contributed by atoms with van der Waals surface area (Å²) in [4.78, 5) is 12.1. The van der Waals surface area contributed by atoms with E-state index in [4.69, 9.17) is 21.1 Å². The quantitative estimate of drug-likeness (QED) is 0.677. The van der Waals surface area contributed by atoms with Gasteiger partial charge in [-0.15, -0.1) is 5.10 Å². The van der Waals surface area contributed by atoms with Crippen LogP contribution in [0.15, 0.2) is 42.7 Å². The predicted molar refractivity (Wildman–Crippen MR) is 100 cm³/mol. The van der Waals surface area contributed by atoms with E-state index in [0.717, 1.165) is 0 Å². The monoisotopic (exact) mass is 405 g/mol. The number of nitrogens with zero attached hydrogens (tertiary/aromatic N) is 4. The lowest BCUT2D eigenvalue weighted by Gasteiger charge is -2.14. The van der Waals surface area contributed by atoms with E-state index in [1.54, 1.807) is 31.2 Å². The topological polar surface area (TPSA) is 91.2 Å². The number of ether oxygens (including phenoxy) is 2. The summed E-state index contributed by atoms with van der Waals surface area (Å²) in [6.45, 7) is 2.13. The molecule has 0 aliphatic carbocycles. The van der Waals surface area contributed by atoms with Gasteiger partial charge in [0, 0.05) is 18.7 Å². The first kappa shape index (κ1) is 19.7. The van der Waals surface area contributed by atoms with E-state index >= 15 is 0 Å². The van der Waals surface area contributed by atoms with E-state index in [1.807, 2.05) is 0 Å². The first-order valence-corrected chi connectivity index (χ1v) is 8.65. The smallest absolute Gasteiger partial charge is 0.410 e. The molecule has 8 nitrogen and oxygen atoms in total. The molecule has 28 heavy (non-hydrogen) atoms. The molecule has 1 atom stereocenters. The van der Waals surface area contributed by atoms with Gasteiger partial charge in [-0.1, -0.05) is 11.6 Å². The van der Waals surface area contributed by atoms with Crippen molar-refractivity contribution in [2.24, 2.45) is 0 Å². The van der Waals surface area contributed by atoms with Crippen LogP contribution in [0.25, 0.3) is 16.8 Å². The Morgan fingerprint density at radius 2 is 2.14 bits per heavy atom. The summed E-state index contributed by atoms with van der Waals surface area (Å²) in [5.74, 6) is -0.209. The van der Waals surface area contributed by atoms with Crippen LogP contribution in [-0.4, -0.2) is 46.1 Å². The number of carbonyl (C=O) groups excluding carboxylic acids is 1. The lowest BCUT2D eigenvalue weighted by molar-refractivity contribution is 0.159. The second-order valence-corrected chi connectivity index (χ2v) is 6.39. The number of benzene rings is 2. The average Bonchev–Trinajstić information content (AvgIpc) is 3.16. The summed E-state index contributed by atoms with van der Waals surface area (Å²) in [6.07, 6.45) is 0.755. The van der Waals surface area contributed by atoms with Crippen molar-refractivity contribution in [2.75, 3.05) is 13.7 Å². The minimum atomic E-state index is -0.644. The third kappa shape index (κ3) is 4.81. The molecule has 0 saturated carbocycles. The number of nitrogens with one attached hydrogen (secondary N) is 1. The van der Waals surface area contributed by atoms with E-state index in [0.29, 0.717) is 23.4 Å². The van der Waals surface area contributed by atoms with Crippen molar-refractivity contribution in [3.63, 3.8) is 0 Å². The standard InChI is InChI=1S/C18H17ClFN5O3/c1-11(9-27-2)22-18(26)28-15-6-12(16-4-3-13(20)7-17(16)19)5-14(8-15)25-10-21-23-24-25/h3-8,10-11H,9H2,1-2H3,(H,22,26). The lowest BCUT2D eigenvalue weighted by atomic mass is 10.0. The normalized spacial score (nSPS) is 11.9. The molecule has 1 unspecified atom stereocenters. The SMILES string of the molecule is COCC(C)NC(=O)Oc1cc(-c2ccc(F)cc2Cl)cc(-n2cnnn2)c1. The molecule has 0 aliphatic rings. The maximum absolute atomic E-state index is 13.4. The number of hydrogen-bond acceptors (Lipinski definition) is 6. The molecule has 2 aromatic carbocycles. The van der Waals surface area contributed by atoms with Crippen LogP contribution >= 0.6 is 11.6 Å². The molecule has 1 N–H and O–H groups in total. The predicted octanol–water partition coefficient (Wildman–Crippen LogP) is 3.25. The molecule has 3 rings (SSSR count). The zero-order valence-electron chi connectivity index (χ0n) is 15.1. The highest BCUT2D eigenvalue weighted by Gasteiger charge is 2.14. The van der Waals surface area contributed by atoms with Gasteiger partial charge < -0.3 is 14.8 Å². The molecule has 0 fully saturated rings. The van der Waals surface area contributed by atoms with Crippen LogP contribution in [-0.2, 0) is 4.74 Å². The van der Waals surface area contributed by atoms with Gasteiger partial charge in [0.05, 0.1) is 23.4 Å². The van der Waals surface area contributed by atoms with E-state index in [2.05, 4.69) is 20.8 Å². The Morgan fingerprint density at radius 1 is 1.32 bits per heavy atom. The fourth-order valence-corrected chi connectivity index (χ4v) is 2.84. The number of amides is 1. The summed E-state index contributed by atoms with van der Waals surface area (Å²) in [5, 5.41) is 13.9. The highest BCUT2D eigenvalue weighted by Crippen LogP contribution is 2.33. The average molecular weight is 406 g/mol. The number of carbonyl (C=O) groups is 1. The minimum absolute atomic E-state index is 0.220. The van der Waals surface area contributed by atoms with Crippen molar-refractivity contribution < 1.29 is 18.7 Å².